The van der Waals surface area contributed by atoms with Crippen molar-refractivity contribution < 1.29 is 4.79 Å². The molecule has 8 heteroatoms. The van der Waals surface area contributed by atoms with Crippen LogP contribution in [0.5, 0.6) is 0 Å². The summed E-state index contributed by atoms with van der Waals surface area (Å²) in [5, 5.41) is 12.2. The van der Waals surface area contributed by atoms with Gasteiger partial charge in [0, 0.05) is 32.0 Å². The number of anilines is 1. The van der Waals surface area contributed by atoms with Crippen LogP contribution in [0, 0.1) is 0 Å². The Bertz CT molecular complexity index is 774. The van der Waals surface area contributed by atoms with Crippen LogP contribution in [-0.2, 0) is 13.0 Å². The van der Waals surface area contributed by atoms with Crippen LogP contribution in [0.4, 0.5) is 10.5 Å². The number of piperidine rings is 1. The van der Waals surface area contributed by atoms with Crippen LogP contribution in [0.3, 0.4) is 0 Å². The van der Waals surface area contributed by atoms with E-state index in [0.717, 1.165) is 44.0 Å². The number of hydrogen-bond donors (Lipinski definition) is 1. The van der Waals surface area contributed by atoms with Crippen LogP contribution in [0.1, 0.15) is 49.7 Å². The summed E-state index contributed by atoms with van der Waals surface area (Å²) < 4.78 is 2.29. The molecule has 138 valence electrons. The molecule has 2 aliphatic rings. The Morgan fingerprint density at radius 3 is 2.92 bits per heavy atom. The predicted molar refractivity (Wildman–Crippen MR) is 99.4 cm³/mol. The number of amides is 2. The van der Waals surface area contributed by atoms with E-state index in [1.165, 1.54) is 19.3 Å². The van der Waals surface area contributed by atoms with E-state index in [4.69, 9.17) is 11.6 Å². The average Bonchev–Trinajstić information content (AvgIpc) is 2.92. The molecule has 26 heavy (non-hydrogen) atoms. The Morgan fingerprint density at radius 1 is 1.15 bits per heavy atom. The lowest BCUT2D eigenvalue weighted by molar-refractivity contribution is 0.190. The monoisotopic (exact) mass is 374 g/mol. The first-order chi connectivity index (χ1) is 12.7. The maximum atomic E-state index is 12.6. The number of hydrogen-bond acceptors (Lipinski definition) is 4. The van der Waals surface area contributed by atoms with Crippen molar-refractivity contribution in [2.45, 2.75) is 51.0 Å². The summed E-state index contributed by atoms with van der Waals surface area (Å²) in [5.74, 6) is 2.40. The van der Waals surface area contributed by atoms with E-state index in [0.29, 0.717) is 17.4 Å². The van der Waals surface area contributed by atoms with E-state index < -0.39 is 0 Å². The molecule has 0 saturated carbocycles. The number of pyridine rings is 1. The molecule has 1 N–H and O–H groups in total. The summed E-state index contributed by atoms with van der Waals surface area (Å²) in [5.41, 5.74) is 0.651. The fraction of sp³-hybridized carbons (Fsp3) is 0.556. The minimum absolute atomic E-state index is 0.102. The van der Waals surface area contributed by atoms with Crippen LogP contribution in [0.2, 0.25) is 5.15 Å². The van der Waals surface area contributed by atoms with E-state index in [9.17, 15) is 4.79 Å². The lowest BCUT2D eigenvalue weighted by atomic mass is 9.97. The molecule has 2 aromatic heterocycles. The van der Waals surface area contributed by atoms with Gasteiger partial charge in [-0.3, -0.25) is 0 Å². The number of carbonyl (C=O) groups is 1. The van der Waals surface area contributed by atoms with Gasteiger partial charge in [-0.15, -0.1) is 10.2 Å². The third kappa shape index (κ3) is 3.67. The largest absolute Gasteiger partial charge is 0.324 e. The molecule has 1 atom stereocenters. The van der Waals surface area contributed by atoms with Gasteiger partial charge in [0.1, 0.15) is 16.8 Å². The summed E-state index contributed by atoms with van der Waals surface area (Å²) in [6, 6.07) is 3.32. The van der Waals surface area contributed by atoms with E-state index in [1.54, 1.807) is 18.3 Å². The lowest BCUT2D eigenvalue weighted by Gasteiger charge is -2.32. The Kier molecular flexibility index (Phi) is 5.06. The van der Waals surface area contributed by atoms with Gasteiger partial charge >= 0.3 is 6.03 Å². The number of rotatable bonds is 2. The Balaban J connectivity index is 1.45. The van der Waals surface area contributed by atoms with Gasteiger partial charge in [-0.1, -0.05) is 18.0 Å². The van der Waals surface area contributed by atoms with Crippen molar-refractivity contribution in [2.24, 2.45) is 0 Å². The van der Waals surface area contributed by atoms with Crippen molar-refractivity contribution >= 4 is 23.3 Å². The van der Waals surface area contributed by atoms with Crippen LogP contribution >= 0.6 is 11.6 Å². The smallest absolute Gasteiger partial charge is 0.321 e. The van der Waals surface area contributed by atoms with Gasteiger partial charge < -0.3 is 14.8 Å². The lowest BCUT2D eigenvalue weighted by Crippen LogP contribution is -2.42. The normalized spacial score (nSPS) is 20.3. The van der Waals surface area contributed by atoms with Crippen molar-refractivity contribution in [1.29, 1.82) is 0 Å². The maximum Gasteiger partial charge on any atom is 0.321 e. The average molecular weight is 375 g/mol. The number of likely N-dealkylation sites (tertiary alicyclic amines) is 1. The predicted octanol–water partition coefficient (Wildman–Crippen LogP) is 3.46. The summed E-state index contributed by atoms with van der Waals surface area (Å²) >= 11 is 5.79. The topological polar surface area (TPSA) is 75.9 Å². The van der Waals surface area contributed by atoms with E-state index >= 15 is 0 Å². The molecular weight excluding hydrogens is 352 g/mol. The van der Waals surface area contributed by atoms with Crippen molar-refractivity contribution in [3.8, 4) is 0 Å². The van der Waals surface area contributed by atoms with E-state index in [-0.39, 0.29) is 11.9 Å². The molecule has 1 saturated heterocycles. The first-order valence-electron chi connectivity index (χ1n) is 9.30. The third-order valence-electron chi connectivity index (χ3n) is 5.19. The van der Waals surface area contributed by atoms with Crippen LogP contribution in [-0.4, -0.2) is 43.8 Å². The molecule has 0 bridgehead atoms. The Hall–Kier alpha value is -2.15. The van der Waals surface area contributed by atoms with Gasteiger partial charge in [-0.05, 0) is 37.8 Å². The molecule has 2 aromatic rings. The zero-order valence-electron chi connectivity index (χ0n) is 14.7. The number of carbonyl (C=O) groups excluding carboxylic acids is 1. The highest BCUT2D eigenvalue weighted by Crippen LogP contribution is 2.28. The Labute approximate surface area is 157 Å². The second-order valence-corrected chi connectivity index (χ2v) is 7.41. The molecule has 7 nitrogen and oxygen atoms in total. The molecule has 4 heterocycles. The van der Waals surface area contributed by atoms with Gasteiger partial charge in [0.05, 0.1) is 11.9 Å². The van der Waals surface area contributed by atoms with Crippen molar-refractivity contribution in [3.63, 3.8) is 0 Å². The number of nitrogens with zero attached hydrogens (tertiary/aromatic N) is 5. The first kappa shape index (κ1) is 17.3. The van der Waals surface area contributed by atoms with Crippen LogP contribution in [0.15, 0.2) is 18.3 Å². The molecule has 1 unspecified atom stereocenters. The quantitative estimate of drug-likeness (QED) is 0.816. The van der Waals surface area contributed by atoms with Crippen molar-refractivity contribution in [3.05, 3.63) is 35.1 Å². The molecule has 0 spiro atoms. The maximum absolute atomic E-state index is 12.6. The fourth-order valence-corrected chi connectivity index (χ4v) is 3.95. The number of urea groups is 1. The number of aromatic nitrogens is 4. The first-order valence-corrected chi connectivity index (χ1v) is 9.68. The van der Waals surface area contributed by atoms with Gasteiger partial charge in [0.2, 0.25) is 0 Å². The molecule has 1 fully saturated rings. The van der Waals surface area contributed by atoms with Crippen LogP contribution < -0.4 is 5.32 Å². The molecular formula is C18H23ClN6O. The fourth-order valence-electron chi connectivity index (χ4n) is 3.83. The molecule has 4 rings (SSSR count). The number of fused-ring (bicyclic) bond motifs is 1. The van der Waals surface area contributed by atoms with Gasteiger partial charge in [-0.25, -0.2) is 9.78 Å². The van der Waals surface area contributed by atoms with Gasteiger partial charge in [-0.2, -0.15) is 0 Å². The number of halogens is 1. The highest BCUT2D eigenvalue weighted by molar-refractivity contribution is 6.29. The zero-order valence-corrected chi connectivity index (χ0v) is 15.5. The Morgan fingerprint density at radius 2 is 2.08 bits per heavy atom. The third-order valence-corrected chi connectivity index (χ3v) is 5.41. The molecule has 2 amide bonds. The molecule has 0 aliphatic carbocycles. The minimum atomic E-state index is -0.102. The second-order valence-electron chi connectivity index (χ2n) is 7.02. The zero-order chi connectivity index (χ0) is 17.9. The van der Waals surface area contributed by atoms with Crippen LogP contribution in [0.25, 0.3) is 0 Å². The summed E-state index contributed by atoms with van der Waals surface area (Å²) in [4.78, 5) is 18.5. The standard InChI is InChI=1S/C18H23ClN6O/c19-15-8-7-14(11-20-15)21-18(26)24-9-4-5-13(12-24)17-23-22-16-6-2-1-3-10-25(16)17/h7-8,11,13H,1-6,9-10,12H2,(H,21,26). The SMILES string of the molecule is O=C(Nc1ccc(Cl)nc1)N1CCCC(c2nnc3n2CCCCC3)C1. The second kappa shape index (κ2) is 7.61. The molecule has 0 radical (unpaired) electrons. The molecule has 2 aliphatic heterocycles. The summed E-state index contributed by atoms with van der Waals surface area (Å²) in [6.07, 6.45) is 8.21. The number of nitrogens with one attached hydrogen (secondary N) is 1. The molecule has 0 aromatic carbocycles. The van der Waals surface area contributed by atoms with Crippen molar-refractivity contribution in [1.82, 2.24) is 24.6 Å². The number of aryl methyl sites for hydroxylation is 1. The minimum Gasteiger partial charge on any atom is -0.324 e. The highest BCUT2D eigenvalue weighted by atomic mass is 35.5. The summed E-state index contributed by atoms with van der Waals surface area (Å²) in [6.45, 7) is 2.42. The van der Waals surface area contributed by atoms with Crippen molar-refractivity contribution in [2.75, 3.05) is 18.4 Å². The van der Waals surface area contributed by atoms with E-state index in [1.807, 2.05) is 4.90 Å². The van der Waals surface area contributed by atoms with E-state index in [2.05, 4.69) is 25.1 Å². The van der Waals surface area contributed by atoms with Gasteiger partial charge in [0.25, 0.3) is 0 Å². The summed E-state index contributed by atoms with van der Waals surface area (Å²) in [7, 11) is 0. The van der Waals surface area contributed by atoms with Gasteiger partial charge in [0.15, 0.2) is 0 Å². The highest BCUT2D eigenvalue weighted by Gasteiger charge is 2.29.